The minimum Gasteiger partial charge on any atom is -0.458 e. The molecule has 20 rings (SSSR count). The normalized spacial score (nSPS) is 14.1. The van der Waals surface area contributed by atoms with Gasteiger partial charge in [0.25, 0.3) is 13.4 Å². The van der Waals surface area contributed by atoms with Crippen LogP contribution in [0.25, 0.3) is 77.9 Å². The van der Waals surface area contributed by atoms with Gasteiger partial charge < -0.3 is 19.4 Å². The van der Waals surface area contributed by atoms with E-state index in [0.29, 0.717) is 0 Å². The number of hydrogen-bond donors (Lipinski definition) is 0. The molecule has 0 atom stereocenters. The van der Waals surface area contributed by atoms with Gasteiger partial charge in [-0.05, 0) is 216 Å². The van der Waals surface area contributed by atoms with Gasteiger partial charge >= 0.3 is 0 Å². The van der Waals surface area contributed by atoms with E-state index in [2.05, 4.69) is 433 Å². The first kappa shape index (κ1) is 71.7. The van der Waals surface area contributed by atoms with Gasteiger partial charge in [0.15, 0.2) is 0 Å². The Morgan fingerprint density at radius 3 is 1.12 bits per heavy atom. The van der Waals surface area contributed by atoms with Crippen LogP contribution in [0, 0.1) is 0 Å². The van der Waals surface area contributed by atoms with Crippen molar-refractivity contribution in [3.8, 4) is 89.4 Å². The minimum absolute atomic E-state index is 0.138. The van der Waals surface area contributed by atoms with Crippen molar-refractivity contribution >= 4 is 97.4 Å². The summed E-state index contributed by atoms with van der Waals surface area (Å²) in [4.78, 5) is 7.93. The van der Waals surface area contributed by atoms with Gasteiger partial charge in [0.05, 0.1) is 11.4 Å². The van der Waals surface area contributed by atoms with Crippen LogP contribution < -0.4 is 52.2 Å². The largest absolute Gasteiger partial charge is 0.458 e. The minimum atomic E-state index is -0.304. The van der Waals surface area contributed by atoms with Gasteiger partial charge in [-0.15, -0.1) is 0 Å². The van der Waals surface area contributed by atoms with Crippen LogP contribution in [0.2, 0.25) is 0 Å². The first-order chi connectivity index (χ1) is 55.3. The van der Waals surface area contributed by atoms with Crippen LogP contribution in [0.4, 0.5) is 51.2 Å². The molecule has 0 spiro atoms. The molecule has 1 aliphatic carbocycles. The van der Waals surface area contributed by atoms with E-state index in [4.69, 9.17) is 4.74 Å². The Bertz CT molecular complexity index is 6300. The van der Waals surface area contributed by atoms with Gasteiger partial charge in [0.1, 0.15) is 11.5 Å². The van der Waals surface area contributed by atoms with Crippen molar-refractivity contribution in [3.05, 3.63) is 355 Å². The quantitative estimate of drug-likeness (QED) is 0.134. The average molecular weight is 1480 g/mol. The fourth-order valence-corrected chi connectivity index (χ4v) is 19.5. The molecular weight excluding hydrogens is 1390 g/mol. The SMILES string of the molecule is CC(C)(C)c1cc(-c2cc3c4c(c2)N(c2c(-c5ccccc5)cc(C(C)(C)C)cc2-c2ccccc2)c2ccccc2B4c2cc4c(cc2N3c2ccccc2)Oc2cc(-c3cccc5c3C(C)(C)c3ccccc3-5)cc3c2B4c2ccccc2N3c2c(-c3ccccc3)cc(C(C)(C)C)cc2-c2ccccc2)cc(C(C)(C)C)c1. The summed E-state index contributed by atoms with van der Waals surface area (Å²) in [5.41, 5.74) is 40.7. The van der Waals surface area contributed by atoms with Crippen molar-refractivity contribution in [2.45, 2.75) is 124 Å². The van der Waals surface area contributed by atoms with E-state index in [-0.39, 0.29) is 40.5 Å². The summed E-state index contributed by atoms with van der Waals surface area (Å²) in [6.45, 7) is 32.6. The molecule has 0 N–H and O–H groups in total. The standard InChI is InChI=1S/C109H95B2N3O/c1-105(2,3)75-55-72(56-76(61-75)106(4,5)6)73-57-95-101-96(58-73)113(103-83(68-37-20-15-21-38-68)62-77(107(7,8)9)63-84(103)69-39-22-16-23-40-69)92-53-34-32-51-88(92)110(101)90-66-91-98(67-94(90)112(95)79-45-28-19-29-46-79)115-99-60-74(80-48-36-49-82-81-47-30-31-50-87(81)109(13,14)100(80)82)59-97-102(99)111(91)89-52-33-35-54-93(89)114(97)104-85(70-41-24-17-25-42-70)64-78(108(10,11)12)65-86(104)71-43-26-18-27-44-71/h15-67H,1-14H3. The van der Waals surface area contributed by atoms with Gasteiger partial charge in [-0.1, -0.05) is 340 Å². The van der Waals surface area contributed by atoms with Crippen LogP contribution in [0.15, 0.2) is 322 Å². The molecule has 0 radical (unpaired) electrons. The predicted octanol–water partition coefficient (Wildman–Crippen LogP) is 25.7. The monoisotopic (exact) mass is 1480 g/mol. The van der Waals surface area contributed by atoms with E-state index in [0.717, 1.165) is 107 Å². The van der Waals surface area contributed by atoms with Crippen molar-refractivity contribution in [1.82, 2.24) is 0 Å². The molecule has 0 aromatic heterocycles. The molecule has 4 nitrogen and oxygen atoms in total. The molecule has 0 saturated heterocycles. The van der Waals surface area contributed by atoms with Crippen LogP contribution in [-0.2, 0) is 27.1 Å². The Morgan fingerprint density at radius 1 is 0.252 bits per heavy atom. The third-order valence-electron chi connectivity index (χ3n) is 25.4. The lowest BCUT2D eigenvalue weighted by atomic mass is 9.30. The number of nitrogens with zero attached hydrogens (tertiary/aromatic N) is 3. The van der Waals surface area contributed by atoms with Crippen LogP contribution >= 0.6 is 0 Å². The third-order valence-corrected chi connectivity index (χ3v) is 25.4. The number of para-hydroxylation sites is 3. The Kier molecular flexibility index (Phi) is 16.4. The Balaban J connectivity index is 0.899. The first-order valence-electron chi connectivity index (χ1n) is 41.2. The molecule has 115 heavy (non-hydrogen) atoms. The van der Waals surface area contributed by atoms with Crippen LogP contribution in [0.5, 0.6) is 11.5 Å². The van der Waals surface area contributed by atoms with Crippen LogP contribution in [0.3, 0.4) is 0 Å². The summed E-state index contributed by atoms with van der Waals surface area (Å²) in [6, 6.07) is 123. The molecule has 0 saturated carbocycles. The summed E-state index contributed by atoms with van der Waals surface area (Å²) in [5, 5.41) is 0. The summed E-state index contributed by atoms with van der Waals surface area (Å²) < 4.78 is 8.17. The third kappa shape index (κ3) is 11.6. The number of benzene rings is 15. The van der Waals surface area contributed by atoms with Crippen molar-refractivity contribution < 1.29 is 4.74 Å². The Labute approximate surface area is 680 Å². The molecule has 5 aliphatic rings. The average Bonchev–Trinajstić information content (AvgIpc) is 1.65. The molecule has 4 heterocycles. The zero-order valence-corrected chi connectivity index (χ0v) is 68.5. The van der Waals surface area contributed by atoms with E-state index in [9.17, 15) is 0 Å². The maximum Gasteiger partial charge on any atom is 0.256 e. The highest BCUT2D eigenvalue weighted by Gasteiger charge is 2.50. The second kappa shape index (κ2) is 26.3. The molecular formula is C109H95B2N3O. The first-order valence-corrected chi connectivity index (χ1v) is 41.2. The summed E-state index contributed by atoms with van der Waals surface area (Å²) in [6.07, 6.45) is 0. The highest BCUT2D eigenvalue weighted by atomic mass is 16.5. The molecule has 15 aromatic carbocycles. The molecule has 558 valence electrons. The molecule has 15 aromatic rings. The van der Waals surface area contributed by atoms with E-state index in [1.165, 1.54) is 99.7 Å². The zero-order valence-electron chi connectivity index (χ0n) is 68.5. The second-order valence-electron chi connectivity index (χ2n) is 37.2. The Morgan fingerprint density at radius 2 is 0.635 bits per heavy atom. The highest BCUT2D eigenvalue weighted by Crippen LogP contribution is 2.58. The summed E-state index contributed by atoms with van der Waals surface area (Å²) in [5.74, 6) is 1.69. The molecule has 6 heteroatoms. The predicted molar refractivity (Wildman–Crippen MR) is 491 cm³/mol. The number of rotatable bonds is 9. The number of anilines is 9. The molecule has 0 amide bonds. The van der Waals surface area contributed by atoms with Crippen LogP contribution in [0.1, 0.15) is 130 Å². The van der Waals surface area contributed by atoms with Gasteiger partial charge in [0, 0.05) is 73.5 Å². The fraction of sp³-hybridized carbons (Fsp3) is 0.174. The second-order valence-corrected chi connectivity index (χ2v) is 37.2. The summed E-state index contributed by atoms with van der Waals surface area (Å²) in [7, 11) is 0. The van der Waals surface area contributed by atoms with E-state index in [1.54, 1.807) is 0 Å². The van der Waals surface area contributed by atoms with Crippen molar-refractivity contribution in [2.24, 2.45) is 0 Å². The zero-order chi connectivity index (χ0) is 78.9. The molecule has 0 unspecified atom stereocenters. The van der Waals surface area contributed by atoms with Crippen molar-refractivity contribution in [2.75, 3.05) is 14.7 Å². The van der Waals surface area contributed by atoms with Crippen LogP contribution in [-0.4, -0.2) is 13.4 Å². The highest BCUT2D eigenvalue weighted by molar-refractivity contribution is 7.02. The van der Waals surface area contributed by atoms with Gasteiger partial charge in [-0.3, -0.25) is 0 Å². The maximum atomic E-state index is 8.17. The lowest BCUT2D eigenvalue weighted by Gasteiger charge is -2.46. The molecule has 0 fully saturated rings. The van der Waals surface area contributed by atoms with E-state index >= 15 is 0 Å². The lowest BCUT2D eigenvalue weighted by Crippen LogP contribution is -2.64. The van der Waals surface area contributed by atoms with Crippen molar-refractivity contribution in [1.29, 1.82) is 0 Å². The molecule has 4 aliphatic heterocycles. The van der Waals surface area contributed by atoms with E-state index in [1.807, 2.05) is 0 Å². The molecule has 0 bridgehead atoms. The fourth-order valence-electron chi connectivity index (χ4n) is 19.5. The summed E-state index contributed by atoms with van der Waals surface area (Å²) >= 11 is 0. The smallest absolute Gasteiger partial charge is 0.256 e. The van der Waals surface area contributed by atoms with Gasteiger partial charge in [-0.2, -0.15) is 0 Å². The lowest BCUT2D eigenvalue weighted by molar-refractivity contribution is 0.488. The number of fused-ring (bicyclic) bond motifs is 11. The van der Waals surface area contributed by atoms with E-state index < -0.39 is 0 Å². The van der Waals surface area contributed by atoms with Gasteiger partial charge in [-0.25, -0.2) is 0 Å². The maximum absolute atomic E-state index is 8.17. The number of ether oxygens (including phenoxy) is 1. The topological polar surface area (TPSA) is 19.0 Å². The number of hydrogen-bond acceptors (Lipinski definition) is 4. The van der Waals surface area contributed by atoms with Gasteiger partial charge in [0.2, 0.25) is 0 Å². The Hall–Kier alpha value is -12.4. The van der Waals surface area contributed by atoms with Crippen molar-refractivity contribution in [3.63, 3.8) is 0 Å².